The number of rotatable bonds is 6. The Balaban J connectivity index is 1.81. The molecule has 0 radical (unpaired) electrons. The number of aliphatic hydroxyl groups is 1. The lowest BCUT2D eigenvalue weighted by Gasteiger charge is -2.18. The van der Waals surface area contributed by atoms with Crippen LogP contribution in [-0.4, -0.2) is 15.1 Å². The molecule has 1 atom stereocenters. The summed E-state index contributed by atoms with van der Waals surface area (Å²) in [6, 6.07) is 18.3. The van der Waals surface area contributed by atoms with Crippen LogP contribution in [0.3, 0.4) is 0 Å². The Morgan fingerprint density at radius 2 is 1.75 bits per heavy atom. The number of nitrogens with one attached hydrogen (secondary N) is 1. The fraction of sp³-hybridized carbons (Fsp3) is 0.200. The molecule has 122 valence electrons. The third-order valence-electron chi connectivity index (χ3n) is 4.00. The lowest BCUT2D eigenvalue weighted by molar-refractivity contribution is 0.282. The van der Waals surface area contributed by atoms with Crippen molar-refractivity contribution in [2.45, 2.75) is 26.0 Å². The predicted octanol–water partition coefficient (Wildman–Crippen LogP) is 4.20. The van der Waals surface area contributed by atoms with Crippen molar-refractivity contribution in [1.82, 2.24) is 9.97 Å². The summed E-state index contributed by atoms with van der Waals surface area (Å²) in [5.41, 5.74) is 3.92. The van der Waals surface area contributed by atoms with Gasteiger partial charge in [-0.2, -0.15) is 0 Å². The molecular weight excluding hydrogens is 298 g/mol. The molecule has 0 spiro atoms. The predicted molar refractivity (Wildman–Crippen MR) is 96.5 cm³/mol. The van der Waals surface area contributed by atoms with Crippen LogP contribution in [0.1, 0.15) is 30.5 Å². The number of nitrogens with zero attached hydrogens (tertiary/aromatic N) is 2. The Morgan fingerprint density at radius 1 is 1.00 bits per heavy atom. The van der Waals surface area contributed by atoms with E-state index in [0.29, 0.717) is 0 Å². The van der Waals surface area contributed by atoms with Gasteiger partial charge in [0.25, 0.3) is 0 Å². The number of hydrogen-bond donors (Lipinski definition) is 2. The van der Waals surface area contributed by atoms with E-state index in [4.69, 9.17) is 5.11 Å². The van der Waals surface area contributed by atoms with E-state index < -0.39 is 0 Å². The minimum Gasteiger partial charge on any atom is -0.392 e. The SMILES string of the molecule is CCC(Nc1cncc(-c2ccc(CO)cc2)n1)c1ccccc1. The van der Waals surface area contributed by atoms with E-state index in [1.54, 1.807) is 12.4 Å². The van der Waals surface area contributed by atoms with E-state index in [0.717, 1.165) is 29.1 Å². The Morgan fingerprint density at radius 3 is 2.42 bits per heavy atom. The van der Waals surface area contributed by atoms with Crippen molar-refractivity contribution in [3.05, 3.63) is 78.1 Å². The summed E-state index contributed by atoms with van der Waals surface area (Å²) in [6.45, 7) is 2.19. The van der Waals surface area contributed by atoms with E-state index in [2.05, 4.69) is 34.3 Å². The highest BCUT2D eigenvalue weighted by Gasteiger charge is 2.10. The van der Waals surface area contributed by atoms with Crippen molar-refractivity contribution in [3.63, 3.8) is 0 Å². The Hall–Kier alpha value is -2.72. The van der Waals surface area contributed by atoms with Crippen LogP contribution in [-0.2, 0) is 6.61 Å². The highest BCUT2D eigenvalue weighted by atomic mass is 16.3. The third kappa shape index (κ3) is 3.78. The van der Waals surface area contributed by atoms with Gasteiger partial charge in [-0.25, -0.2) is 4.98 Å². The number of hydrogen-bond acceptors (Lipinski definition) is 4. The summed E-state index contributed by atoms with van der Waals surface area (Å²) in [5, 5.41) is 12.6. The summed E-state index contributed by atoms with van der Waals surface area (Å²) < 4.78 is 0. The second-order valence-electron chi connectivity index (χ2n) is 5.66. The van der Waals surface area contributed by atoms with Crippen LogP contribution in [0.25, 0.3) is 11.3 Å². The molecule has 4 nitrogen and oxygen atoms in total. The van der Waals surface area contributed by atoms with Gasteiger partial charge >= 0.3 is 0 Å². The van der Waals surface area contributed by atoms with Gasteiger partial charge in [0.2, 0.25) is 0 Å². The van der Waals surface area contributed by atoms with Crippen LogP contribution >= 0.6 is 0 Å². The van der Waals surface area contributed by atoms with Crippen molar-refractivity contribution >= 4 is 5.82 Å². The fourth-order valence-electron chi connectivity index (χ4n) is 2.64. The monoisotopic (exact) mass is 319 g/mol. The molecule has 0 saturated carbocycles. The fourth-order valence-corrected chi connectivity index (χ4v) is 2.64. The normalized spacial score (nSPS) is 11.9. The number of aliphatic hydroxyl groups excluding tert-OH is 1. The molecule has 1 heterocycles. The molecule has 0 aliphatic rings. The first-order valence-corrected chi connectivity index (χ1v) is 8.14. The number of aromatic nitrogens is 2. The smallest absolute Gasteiger partial charge is 0.145 e. The van der Waals surface area contributed by atoms with Gasteiger partial charge in [0.1, 0.15) is 5.82 Å². The first-order chi connectivity index (χ1) is 11.8. The highest BCUT2D eigenvalue weighted by molar-refractivity contribution is 5.60. The van der Waals surface area contributed by atoms with Gasteiger partial charge in [-0.1, -0.05) is 61.5 Å². The van der Waals surface area contributed by atoms with Crippen molar-refractivity contribution < 1.29 is 5.11 Å². The number of benzene rings is 2. The van der Waals surface area contributed by atoms with Crippen molar-refractivity contribution in [1.29, 1.82) is 0 Å². The van der Waals surface area contributed by atoms with Crippen LogP contribution in [0.4, 0.5) is 5.82 Å². The van der Waals surface area contributed by atoms with Gasteiger partial charge < -0.3 is 10.4 Å². The van der Waals surface area contributed by atoms with Gasteiger partial charge in [0.15, 0.2) is 0 Å². The zero-order valence-electron chi connectivity index (χ0n) is 13.7. The number of anilines is 1. The molecule has 3 rings (SSSR count). The molecule has 0 fully saturated rings. The standard InChI is InChI=1S/C20H21N3O/c1-2-18(16-6-4-3-5-7-16)22-20-13-21-12-19(23-20)17-10-8-15(14-24)9-11-17/h3-13,18,24H,2,14H2,1H3,(H,22,23). The molecule has 1 unspecified atom stereocenters. The van der Waals surface area contributed by atoms with Crippen molar-refractivity contribution in [2.75, 3.05) is 5.32 Å². The average molecular weight is 319 g/mol. The zero-order chi connectivity index (χ0) is 16.8. The average Bonchev–Trinajstić information content (AvgIpc) is 2.67. The minimum absolute atomic E-state index is 0.0445. The maximum atomic E-state index is 9.14. The van der Waals surface area contributed by atoms with Gasteiger partial charge in [0.05, 0.1) is 30.7 Å². The van der Waals surface area contributed by atoms with Gasteiger partial charge in [-0.15, -0.1) is 0 Å². The Labute approximate surface area is 142 Å². The molecule has 0 saturated heterocycles. The lowest BCUT2D eigenvalue weighted by Crippen LogP contribution is -2.11. The van der Waals surface area contributed by atoms with Crippen LogP contribution in [0.2, 0.25) is 0 Å². The van der Waals surface area contributed by atoms with Gasteiger partial charge in [-0.3, -0.25) is 4.98 Å². The topological polar surface area (TPSA) is 58.0 Å². The lowest BCUT2D eigenvalue weighted by atomic mass is 10.0. The Bertz CT molecular complexity index is 772. The molecular formula is C20H21N3O. The largest absolute Gasteiger partial charge is 0.392 e. The van der Waals surface area contributed by atoms with Crippen molar-refractivity contribution in [3.8, 4) is 11.3 Å². The first-order valence-electron chi connectivity index (χ1n) is 8.14. The van der Waals surface area contributed by atoms with E-state index in [1.165, 1.54) is 5.56 Å². The molecule has 4 heteroatoms. The summed E-state index contributed by atoms with van der Waals surface area (Å²) in [7, 11) is 0. The molecule has 0 aliphatic heterocycles. The molecule has 3 aromatic rings. The minimum atomic E-state index is 0.0445. The van der Waals surface area contributed by atoms with Gasteiger partial charge in [0, 0.05) is 5.56 Å². The second-order valence-corrected chi connectivity index (χ2v) is 5.66. The molecule has 0 aliphatic carbocycles. The maximum absolute atomic E-state index is 9.14. The summed E-state index contributed by atoms with van der Waals surface area (Å²) >= 11 is 0. The summed E-state index contributed by atoms with van der Waals surface area (Å²) in [6.07, 6.45) is 4.46. The molecule has 2 N–H and O–H groups in total. The quantitative estimate of drug-likeness (QED) is 0.715. The molecule has 0 amide bonds. The van der Waals surface area contributed by atoms with Crippen molar-refractivity contribution in [2.24, 2.45) is 0 Å². The summed E-state index contributed by atoms with van der Waals surface area (Å²) in [4.78, 5) is 8.99. The first kappa shape index (κ1) is 16.1. The van der Waals surface area contributed by atoms with E-state index in [-0.39, 0.29) is 12.6 Å². The second kappa shape index (κ2) is 7.70. The van der Waals surface area contributed by atoms with E-state index in [1.807, 2.05) is 42.5 Å². The molecule has 1 aromatic heterocycles. The van der Waals surface area contributed by atoms with Crippen LogP contribution in [0.15, 0.2) is 67.0 Å². The zero-order valence-corrected chi connectivity index (χ0v) is 13.7. The van der Waals surface area contributed by atoms with Crippen LogP contribution < -0.4 is 5.32 Å². The maximum Gasteiger partial charge on any atom is 0.145 e. The highest BCUT2D eigenvalue weighted by Crippen LogP contribution is 2.23. The molecule has 24 heavy (non-hydrogen) atoms. The Kier molecular flexibility index (Phi) is 5.18. The van der Waals surface area contributed by atoms with E-state index in [9.17, 15) is 0 Å². The molecule has 2 aromatic carbocycles. The summed E-state index contributed by atoms with van der Waals surface area (Å²) in [5.74, 6) is 0.759. The van der Waals surface area contributed by atoms with Crippen LogP contribution in [0, 0.1) is 0 Å². The third-order valence-corrected chi connectivity index (χ3v) is 4.00. The van der Waals surface area contributed by atoms with E-state index >= 15 is 0 Å². The van der Waals surface area contributed by atoms with Gasteiger partial charge in [-0.05, 0) is 17.5 Å². The van der Waals surface area contributed by atoms with Crippen LogP contribution in [0.5, 0.6) is 0 Å². The molecule has 0 bridgehead atoms.